The fraction of sp³-hybridized carbons (Fsp3) is 0.121. The van der Waals surface area contributed by atoms with Gasteiger partial charge in [0.25, 0.3) is 11.8 Å². The molecule has 0 aliphatic heterocycles. The number of aryl methyl sites for hydroxylation is 2. The van der Waals surface area contributed by atoms with Gasteiger partial charge in [0.05, 0.1) is 5.25 Å². The van der Waals surface area contributed by atoms with Crippen molar-refractivity contribution in [2.24, 2.45) is 0 Å². The van der Waals surface area contributed by atoms with Gasteiger partial charge in [0.2, 0.25) is 5.91 Å². The molecule has 0 fully saturated rings. The van der Waals surface area contributed by atoms with E-state index in [2.05, 4.69) is 16.0 Å². The Hall–Kier alpha value is -4.62. The van der Waals surface area contributed by atoms with E-state index >= 15 is 0 Å². The number of anilines is 2. The van der Waals surface area contributed by atoms with E-state index in [0.717, 1.165) is 27.3 Å². The van der Waals surface area contributed by atoms with E-state index < -0.39 is 5.91 Å². The summed E-state index contributed by atoms with van der Waals surface area (Å²) in [5.41, 5.74) is 4.79. The van der Waals surface area contributed by atoms with Gasteiger partial charge in [-0.1, -0.05) is 54.6 Å². The van der Waals surface area contributed by atoms with Gasteiger partial charge < -0.3 is 16.0 Å². The van der Waals surface area contributed by atoms with Gasteiger partial charge in [0.15, 0.2) is 0 Å². The molecule has 0 radical (unpaired) electrons. The highest BCUT2D eigenvalue weighted by atomic mass is 32.2. The summed E-state index contributed by atoms with van der Waals surface area (Å²) in [4.78, 5) is 39.7. The number of thioether (sulfide) groups is 1. The van der Waals surface area contributed by atoms with E-state index in [1.807, 2.05) is 87.5 Å². The molecule has 0 saturated carbocycles. The van der Waals surface area contributed by atoms with Gasteiger partial charge in [-0.15, -0.1) is 11.8 Å². The van der Waals surface area contributed by atoms with E-state index in [-0.39, 0.29) is 22.8 Å². The molecule has 0 aliphatic rings. The minimum absolute atomic E-state index is 0.0897. The molecule has 0 spiro atoms. The van der Waals surface area contributed by atoms with Crippen molar-refractivity contribution < 1.29 is 14.4 Å². The summed E-state index contributed by atoms with van der Waals surface area (Å²) in [7, 11) is 0. The van der Waals surface area contributed by atoms with Crippen LogP contribution in [0.1, 0.15) is 34.0 Å². The molecular weight excluding hydrogens is 518 g/mol. The maximum absolute atomic E-state index is 13.3. The number of hydrogen-bond donors (Lipinski definition) is 3. The summed E-state index contributed by atoms with van der Waals surface area (Å²) in [6.07, 6.45) is 1.67. The Balaban J connectivity index is 1.44. The Kier molecular flexibility index (Phi) is 9.54. The standard InChI is InChI=1S/C33H31N3O3S/c1-22-10-9-15-28(20-22)35-31(37)24(3)40-29-18-16-27(17-19-29)34-33(39)30(21-26-14-8-7-11-23(26)2)36-32(38)25-12-5-4-6-13-25/h4-21,24H,1-3H3,(H,34,39)(H,35,37)(H,36,38)/b30-21-. The summed E-state index contributed by atoms with van der Waals surface area (Å²) < 4.78 is 0. The van der Waals surface area contributed by atoms with Crippen LogP contribution < -0.4 is 16.0 Å². The molecule has 1 unspecified atom stereocenters. The second kappa shape index (κ2) is 13.4. The summed E-state index contributed by atoms with van der Waals surface area (Å²) in [6.45, 7) is 5.77. The van der Waals surface area contributed by atoms with Crippen LogP contribution in [0, 0.1) is 13.8 Å². The maximum Gasteiger partial charge on any atom is 0.272 e. The molecule has 6 nitrogen and oxygen atoms in total. The Morgan fingerprint density at radius 3 is 2.15 bits per heavy atom. The van der Waals surface area contributed by atoms with Crippen molar-refractivity contribution in [1.82, 2.24) is 5.32 Å². The van der Waals surface area contributed by atoms with Crippen LogP contribution in [0.2, 0.25) is 0 Å². The fourth-order valence-corrected chi connectivity index (χ4v) is 4.75. The van der Waals surface area contributed by atoms with Crippen molar-refractivity contribution >= 4 is 46.9 Å². The fourth-order valence-electron chi connectivity index (χ4n) is 3.89. The third kappa shape index (κ3) is 7.94. The molecule has 3 amide bonds. The first-order valence-electron chi connectivity index (χ1n) is 12.9. The average molecular weight is 550 g/mol. The summed E-state index contributed by atoms with van der Waals surface area (Å²) in [5.74, 6) is -0.910. The number of carbonyl (C=O) groups is 3. The van der Waals surface area contributed by atoms with Gasteiger partial charge in [0, 0.05) is 21.8 Å². The highest BCUT2D eigenvalue weighted by Crippen LogP contribution is 2.26. The van der Waals surface area contributed by atoms with Crippen LogP contribution in [0.5, 0.6) is 0 Å². The molecule has 4 rings (SSSR count). The molecule has 0 bridgehead atoms. The lowest BCUT2D eigenvalue weighted by Gasteiger charge is -2.14. The van der Waals surface area contributed by atoms with Gasteiger partial charge in [0.1, 0.15) is 5.70 Å². The lowest BCUT2D eigenvalue weighted by Crippen LogP contribution is -2.30. The first-order chi connectivity index (χ1) is 19.3. The van der Waals surface area contributed by atoms with E-state index in [9.17, 15) is 14.4 Å². The van der Waals surface area contributed by atoms with Crippen LogP contribution in [-0.4, -0.2) is 23.0 Å². The van der Waals surface area contributed by atoms with Crippen molar-refractivity contribution in [2.75, 3.05) is 10.6 Å². The molecule has 3 N–H and O–H groups in total. The zero-order chi connectivity index (χ0) is 28.5. The van der Waals surface area contributed by atoms with Crippen LogP contribution in [-0.2, 0) is 9.59 Å². The lowest BCUT2D eigenvalue weighted by molar-refractivity contribution is -0.115. The van der Waals surface area contributed by atoms with E-state index in [4.69, 9.17) is 0 Å². The predicted octanol–water partition coefficient (Wildman–Crippen LogP) is 6.83. The third-order valence-corrected chi connectivity index (χ3v) is 7.21. The van der Waals surface area contributed by atoms with Gasteiger partial charge in [-0.3, -0.25) is 14.4 Å². The predicted molar refractivity (Wildman–Crippen MR) is 163 cm³/mol. The zero-order valence-corrected chi connectivity index (χ0v) is 23.4. The molecule has 7 heteroatoms. The van der Waals surface area contributed by atoms with Gasteiger partial charge in [-0.2, -0.15) is 0 Å². The van der Waals surface area contributed by atoms with Crippen LogP contribution in [0.4, 0.5) is 11.4 Å². The monoisotopic (exact) mass is 549 g/mol. The van der Waals surface area contributed by atoms with E-state index in [1.54, 1.807) is 42.5 Å². The van der Waals surface area contributed by atoms with Crippen LogP contribution in [0.3, 0.4) is 0 Å². The first-order valence-corrected chi connectivity index (χ1v) is 13.8. The summed E-state index contributed by atoms with van der Waals surface area (Å²) in [6, 6.07) is 31.3. The molecule has 40 heavy (non-hydrogen) atoms. The number of benzene rings is 4. The molecular formula is C33H31N3O3S. The Morgan fingerprint density at radius 1 is 0.750 bits per heavy atom. The molecule has 202 valence electrons. The zero-order valence-electron chi connectivity index (χ0n) is 22.6. The number of carbonyl (C=O) groups excluding carboxylic acids is 3. The van der Waals surface area contributed by atoms with Crippen LogP contribution in [0.15, 0.2) is 114 Å². The molecule has 0 heterocycles. The molecule has 0 saturated heterocycles. The topological polar surface area (TPSA) is 87.3 Å². The van der Waals surface area contributed by atoms with Gasteiger partial charge >= 0.3 is 0 Å². The Bertz CT molecular complexity index is 1530. The molecule has 1 atom stereocenters. The largest absolute Gasteiger partial charge is 0.325 e. The first kappa shape index (κ1) is 28.4. The van der Waals surface area contributed by atoms with Crippen LogP contribution in [0.25, 0.3) is 6.08 Å². The van der Waals surface area contributed by atoms with Crippen molar-refractivity contribution in [1.29, 1.82) is 0 Å². The smallest absolute Gasteiger partial charge is 0.272 e. The summed E-state index contributed by atoms with van der Waals surface area (Å²) >= 11 is 1.43. The van der Waals surface area contributed by atoms with Crippen molar-refractivity contribution in [3.63, 3.8) is 0 Å². The quantitative estimate of drug-likeness (QED) is 0.158. The van der Waals surface area contributed by atoms with Crippen molar-refractivity contribution in [2.45, 2.75) is 30.9 Å². The highest BCUT2D eigenvalue weighted by Gasteiger charge is 2.17. The molecule has 4 aromatic carbocycles. The maximum atomic E-state index is 13.3. The molecule has 4 aromatic rings. The van der Waals surface area contributed by atoms with Gasteiger partial charge in [-0.05, 0) is 92.1 Å². The molecule has 0 aliphatic carbocycles. The highest BCUT2D eigenvalue weighted by molar-refractivity contribution is 8.00. The van der Waals surface area contributed by atoms with Gasteiger partial charge in [-0.25, -0.2) is 0 Å². The SMILES string of the molecule is Cc1cccc(NC(=O)C(C)Sc2ccc(NC(=O)/C(=C/c3ccccc3C)NC(=O)c3ccccc3)cc2)c1. The van der Waals surface area contributed by atoms with E-state index in [1.165, 1.54) is 11.8 Å². The number of hydrogen-bond acceptors (Lipinski definition) is 4. The van der Waals surface area contributed by atoms with Crippen molar-refractivity contribution in [3.8, 4) is 0 Å². The normalized spacial score (nSPS) is 11.8. The Morgan fingerprint density at radius 2 is 1.45 bits per heavy atom. The summed E-state index contributed by atoms with van der Waals surface area (Å²) in [5, 5.41) is 8.26. The number of amides is 3. The number of nitrogens with one attached hydrogen (secondary N) is 3. The molecule has 0 aromatic heterocycles. The lowest BCUT2D eigenvalue weighted by atomic mass is 10.1. The van der Waals surface area contributed by atoms with Crippen LogP contribution >= 0.6 is 11.8 Å². The minimum Gasteiger partial charge on any atom is -0.325 e. The van der Waals surface area contributed by atoms with E-state index in [0.29, 0.717) is 11.3 Å². The van der Waals surface area contributed by atoms with Crippen molar-refractivity contribution in [3.05, 3.63) is 131 Å². The Labute approximate surface area is 238 Å². The second-order valence-corrected chi connectivity index (χ2v) is 10.7. The second-order valence-electron chi connectivity index (χ2n) is 9.33. The number of rotatable bonds is 9. The minimum atomic E-state index is -0.446. The third-order valence-electron chi connectivity index (χ3n) is 6.10. The average Bonchev–Trinajstić information content (AvgIpc) is 2.95.